The van der Waals surface area contributed by atoms with Crippen molar-refractivity contribution in [2.45, 2.75) is 13.3 Å². The van der Waals surface area contributed by atoms with Gasteiger partial charge in [-0.1, -0.05) is 0 Å². The Morgan fingerprint density at radius 1 is 1.45 bits per heavy atom. The smallest absolute Gasteiger partial charge is 0.257 e. The molecule has 0 spiro atoms. The minimum absolute atomic E-state index is 0.0234. The van der Waals surface area contributed by atoms with Crippen molar-refractivity contribution in [1.29, 1.82) is 0 Å². The van der Waals surface area contributed by atoms with Crippen LogP contribution in [-0.2, 0) is 4.79 Å². The van der Waals surface area contributed by atoms with Crippen LogP contribution >= 0.6 is 0 Å². The van der Waals surface area contributed by atoms with E-state index < -0.39 is 0 Å². The second kappa shape index (κ2) is 6.36. The largest absolute Gasteiger partial charge is 0.385 e. The Bertz CT molecular complexity index is 504. The van der Waals surface area contributed by atoms with Gasteiger partial charge in [0.05, 0.1) is 11.3 Å². The Hall–Kier alpha value is -2.11. The van der Waals surface area contributed by atoms with Crippen LogP contribution in [0.2, 0.25) is 0 Å². The van der Waals surface area contributed by atoms with Crippen LogP contribution in [0.1, 0.15) is 23.7 Å². The number of aromatic nitrogens is 1. The van der Waals surface area contributed by atoms with Crippen LogP contribution in [0.5, 0.6) is 0 Å². The molecule has 2 amide bonds. The fourth-order valence-electron chi connectivity index (χ4n) is 2.24. The molecule has 1 N–H and O–H groups in total. The van der Waals surface area contributed by atoms with Crippen LogP contribution in [0.15, 0.2) is 18.5 Å². The molecule has 108 valence electrons. The van der Waals surface area contributed by atoms with Gasteiger partial charge in [-0.2, -0.15) is 0 Å². The molecule has 0 radical (unpaired) electrons. The van der Waals surface area contributed by atoms with E-state index in [0.29, 0.717) is 18.7 Å². The summed E-state index contributed by atoms with van der Waals surface area (Å²) in [7, 11) is 1.77. The minimum Gasteiger partial charge on any atom is -0.385 e. The molecule has 1 saturated heterocycles. The number of amides is 2. The van der Waals surface area contributed by atoms with E-state index in [4.69, 9.17) is 0 Å². The SMILES string of the molecule is CCNc1ccncc1C(=O)N1CCCN(C)C(=O)C1. The number of likely N-dealkylation sites (N-methyl/N-ethyl adjacent to an activating group) is 1. The average molecular weight is 276 g/mol. The Morgan fingerprint density at radius 3 is 3.00 bits per heavy atom. The zero-order chi connectivity index (χ0) is 14.5. The first-order valence-corrected chi connectivity index (χ1v) is 6.84. The molecule has 6 nitrogen and oxygen atoms in total. The zero-order valence-electron chi connectivity index (χ0n) is 11.9. The molecule has 20 heavy (non-hydrogen) atoms. The maximum absolute atomic E-state index is 12.6. The summed E-state index contributed by atoms with van der Waals surface area (Å²) in [4.78, 5) is 31.7. The number of carbonyl (C=O) groups is 2. The maximum atomic E-state index is 12.6. The molecule has 6 heteroatoms. The third-order valence-electron chi connectivity index (χ3n) is 3.38. The monoisotopic (exact) mass is 276 g/mol. The van der Waals surface area contributed by atoms with E-state index in [1.165, 1.54) is 0 Å². The number of carbonyl (C=O) groups excluding carboxylic acids is 2. The topological polar surface area (TPSA) is 65.5 Å². The molecule has 0 aromatic carbocycles. The predicted octanol–water partition coefficient (Wildman–Crippen LogP) is 0.818. The van der Waals surface area contributed by atoms with Gasteiger partial charge in [0, 0.05) is 39.1 Å². The maximum Gasteiger partial charge on any atom is 0.257 e. The van der Waals surface area contributed by atoms with Crippen LogP contribution < -0.4 is 5.32 Å². The van der Waals surface area contributed by atoms with Gasteiger partial charge in [0.1, 0.15) is 6.54 Å². The van der Waals surface area contributed by atoms with Crippen molar-refractivity contribution in [2.75, 3.05) is 38.5 Å². The van der Waals surface area contributed by atoms with Gasteiger partial charge in [-0.3, -0.25) is 14.6 Å². The number of nitrogens with zero attached hydrogens (tertiary/aromatic N) is 3. The Balaban J connectivity index is 2.20. The van der Waals surface area contributed by atoms with Gasteiger partial charge in [-0.15, -0.1) is 0 Å². The number of rotatable bonds is 3. The van der Waals surface area contributed by atoms with Crippen molar-refractivity contribution in [3.63, 3.8) is 0 Å². The van der Waals surface area contributed by atoms with Gasteiger partial charge in [-0.25, -0.2) is 0 Å². The van der Waals surface area contributed by atoms with Gasteiger partial charge in [0.25, 0.3) is 5.91 Å². The van der Waals surface area contributed by atoms with Crippen LogP contribution in [0, 0.1) is 0 Å². The Morgan fingerprint density at radius 2 is 2.25 bits per heavy atom. The van der Waals surface area contributed by atoms with Crippen molar-refractivity contribution in [3.8, 4) is 0 Å². The van der Waals surface area contributed by atoms with Crippen molar-refractivity contribution >= 4 is 17.5 Å². The molecule has 1 aromatic heterocycles. The first-order valence-electron chi connectivity index (χ1n) is 6.84. The highest BCUT2D eigenvalue weighted by molar-refractivity contribution is 6.00. The lowest BCUT2D eigenvalue weighted by Gasteiger charge is -2.21. The summed E-state index contributed by atoms with van der Waals surface area (Å²) in [5.74, 6) is -0.164. The van der Waals surface area contributed by atoms with Crippen molar-refractivity contribution in [1.82, 2.24) is 14.8 Å². The number of pyridine rings is 1. The van der Waals surface area contributed by atoms with Gasteiger partial charge in [0.2, 0.25) is 5.91 Å². The molecule has 1 aliphatic heterocycles. The molecule has 1 aliphatic rings. The number of hydrogen-bond acceptors (Lipinski definition) is 4. The highest BCUT2D eigenvalue weighted by atomic mass is 16.2. The number of anilines is 1. The molecular formula is C14H20N4O2. The van der Waals surface area contributed by atoms with E-state index in [-0.39, 0.29) is 18.4 Å². The van der Waals surface area contributed by atoms with E-state index in [0.717, 1.165) is 18.7 Å². The van der Waals surface area contributed by atoms with E-state index >= 15 is 0 Å². The van der Waals surface area contributed by atoms with Crippen LogP contribution in [0.3, 0.4) is 0 Å². The van der Waals surface area contributed by atoms with E-state index in [1.54, 1.807) is 35.3 Å². The molecule has 0 unspecified atom stereocenters. The molecule has 0 saturated carbocycles. The predicted molar refractivity (Wildman–Crippen MR) is 76.6 cm³/mol. The van der Waals surface area contributed by atoms with Crippen molar-refractivity contribution in [3.05, 3.63) is 24.0 Å². The number of nitrogens with one attached hydrogen (secondary N) is 1. The lowest BCUT2D eigenvalue weighted by molar-refractivity contribution is -0.129. The molecule has 1 aromatic rings. The van der Waals surface area contributed by atoms with Gasteiger partial charge in [0.15, 0.2) is 0 Å². The fraction of sp³-hybridized carbons (Fsp3) is 0.500. The lowest BCUT2D eigenvalue weighted by atomic mass is 10.2. The summed E-state index contributed by atoms with van der Waals surface area (Å²) in [5, 5.41) is 3.15. The fourth-order valence-corrected chi connectivity index (χ4v) is 2.24. The molecule has 0 aliphatic carbocycles. The summed E-state index contributed by atoms with van der Waals surface area (Å²) in [6.45, 7) is 4.12. The Kier molecular flexibility index (Phi) is 4.55. The Labute approximate surface area is 118 Å². The summed E-state index contributed by atoms with van der Waals surface area (Å²) in [5.41, 5.74) is 1.28. The number of hydrogen-bond donors (Lipinski definition) is 1. The second-order valence-electron chi connectivity index (χ2n) is 4.85. The minimum atomic E-state index is -0.141. The first kappa shape index (κ1) is 14.3. The summed E-state index contributed by atoms with van der Waals surface area (Å²) >= 11 is 0. The van der Waals surface area contributed by atoms with E-state index in [1.807, 2.05) is 6.92 Å². The molecular weight excluding hydrogens is 256 g/mol. The molecule has 0 atom stereocenters. The van der Waals surface area contributed by atoms with E-state index in [2.05, 4.69) is 10.3 Å². The van der Waals surface area contributed by atoms with Crippen LogP contribution in [0.25, 0.3) is 0 Å². The van der Waals surface area contributed by atoms with Crippen molar-refractivity contribution in [2.24, 2.45) is 0 Å². The quantitative estimate of drug-likeness (QED) is 0.887. The molecule has 2 heterocycles. The first-order chi connectivity index (χ1) is 9.63. The molecule has 1 fully saturated rings. The third kappa shape index (κ3) is 3.07. The summed E-state index contributed by atoms with van der Waals surface area (Å²) in [6.07, 6.45) is 4.00. The summed E-state index contributed by atoms with van der Waals surface area (Å²) < 4.78 is 0. The van der Waals surface area contributed by atoms with Crippen LogP contribution in [0.4, 0.5) is 5.69 Å². The van der Waals surface area contributed by atoms with Gasteiger partial charge >= 0.3 is 0 Å². The molecule has 0 bridgehead atoms. The third-order valence-corrected chi connectivity index (χ3v) is 3.38. The average Bonchev–Trinajstić information content (AvgIpc) is 2.61. The lowest BCUT2D eigenvalue weighted by Crippen LogP contribution is -2.38. The highest BCUT2D eigenvalue weighted by Crippen LogP contribution is 2.17. The zero-order valence-corrected chi connectivity index (χ0v) is 11.9. The highest BCUT2D eigenvalue weighted by Gasteiger charge is 2.25. The standard InChI is InChI=1S/C14H20N4O2/c1-3-16-12-5-6-15-9-11(12)14(20)18-8-4-7-17(2)13(19)10-18/h5-6,9H,3-4,7-8,10H2,1-2H3,(H,15,16). The molecule has 2 rings (SSSR count). The normalized spacial score (nSPS) is 16.0. The van der Waals surface area contributed by atoms with Crippen LogP contribution in [-0.4, -0.2) is 59.8 Å². The van der Waals surface area contributed by atoms with Gasteiger partial charge in [-0.05, 0) is 19.4 Å². The summed E-state index contributed by atoms with van der Waals surface area (Å²) in [6, 6.07) is 1.78. The van der Waals surface area contributed by atoms with E-state index in [9.17, 15) is 9.59 Å². The second-order valence-corrected chi connectivity index (χ2v) is 4.85. The van der Waals surface area contributed by atoms with Crippen molar-refractivity contribution < 1.29 is 9.59 Å². The van der Waals surface area contributed by atoms with Gasteiger partial charge < -0.3 is 15.1 Å².